The number of nitrogens with one attached hydrogen (secondary N) is 2. The third-order valence-corrected chi connectivity index (χ3v) is 4.55. The summed E-state index contributed by atoms with van der Waals surface area (Å²) in [6.07, 6.45) is 4.61. The number of methoxy groups -OCH3 is 1. The molecular weight excluding hydrogens is 299 g/mol. The lowest BCUT2D eigenvalue weighted by Gasteiger charge is -2.27. The second-order valence-corrected chi connectivity index (χ2v) is 6.17. The van der Waals surface area contributed by atoms with Gasteiger partial charge < -0.3 is 20.1 Å². The van der Waals surface area contributed by atoms with Crippen molar-refractivity contribution in [3.8, 4) is 11.5 Å². The van der Waals surface area contributed by atoms with Gasteiger partial charge in [0.25, 0.3) is 0 Å². The summed E-state index contributed by atoms with van der Waals surface area (Å²) in [5, 5.41) is 6.14. The third kappa shape index (κ3) is 3.75. The summed E-state index contributed by atoms with van der Waals surface area (Å²) >= 11 is 0. The predicted octanol–water partition coefficient (Wildman–Crippen LogP) is 2.70. The first-order valence-corrected chi connectivity index (χ1v) is 8.23. The Hall–Kier alpha value is -1.82. The van der Waals surface area contributed by atoms with E-state index in [-0.39, 0.29) is 17.9 Å². The fraction of sp³-hybridized carbons (Fsp3) is 0.588. The van der Waals surface area contributed by atoms with Crippen LogP contribution < -0.4 is 20.1 Å². The molecule has 5 nitrogen and oxygen atoms in total. The second kappa shape index (κ2) is 7.17. The Morgan fingerprint density at radius 3 is 2.52 bits per heavy atom. The van der Waals surface area contributed by atoms with E-state index in [0.29, 0.717) is 17.2 Å². The third-order valence-electron chi connectivity index (χ3n) is 4.55. The highest BCUT2D eigenvalue weighted by atomic mass is 19.1. The molecule has 1 aliphatic carbocycles. The zero-order valence-corrected chi connectivity index (χ0v) is 13.4. The van der Waals surface area contributed by atoms with Gasteiger partial charge in [0.1, 0.15) is 29.1 Å². The van der Waals surface area contributed by atoms with Crippen molar-refractivity contribution in [3.63, 3.8) is 0 Å². The number of amides is 1. The lowest BCUT2D eigenvalue weighted by Crippen LogP contribution is -2.34. The SMILES string of the molecule is COc1cc(F)cc(OC2CCNCC2)c1NC(=O)C1CCC1. The Kier molecular flexibility index (Phi) is 5.00. The van der Waals surface area contributed by atoms with Crippen molar-refractivity contribution in [2.75, 3.05) is 25.5 Å². The first-order valence-electron chi connectivity index (χ1n) is 8.23. The smallest absolute Gasteiger partial charge is 0.227 e. The Labute approximate surface area is 135 Å². The van der Waals surface area contributed by atoms with E-state index < -0.39 is 5.82 Å². The van der Waals surface area contributed by atoms with Crippen molar-refractivity contribution in [1.82, 2.24) is 5.32 Å². The molecule has 2 N–H and O–H groups in total. The van der Waals surface area contributed by atoms with Crippen molar-refractivity contribution >= 4 is 11.6 Å². The zero-order chi connectivity index (χ0) is 16.2. The summed E-state index contributed by atoms with van der Waals surface area (Å²) in [4.78, 5) is 12.3. The van der Waals surface area contributed by atoms with Crippen LogP contribution in [0.4, 0.5) is 10.1 Å². The molecule has 1 amide bonds. The van der Waals surface area contributed by atoms with Gasteiger partial charge in [-0.3, -0.25) is 4.79 Å². The molecule has 126 valence electrons. The molecule has 0 unspecified atom stereocenters. The molecule has 0 aromatic heterocycles. The summed E-state index contributed by atoms with van der Waals surface area (Å²) in [6.45, 7) is 1.75. The van der Waals surface area contributed by atoms with E-state index in [4.69, 9.17) is 9.47 Å². The van der Waals surface area contributed by atoms with E-state index in [2.05, 4.69) is 10.6 Å². The molecule has 0 atom stereocenters. The van der Waals surface area contributed by atoms with Crippen molar-refractivity contribution in [2.24, 2.45) is 5.92 Å². The van der Waals surface area contributed by atoms with Gasteiger partial charge in [0.15, 0.2) is 0 Å². The average Bonchev–Trinajstić information content (AvgIpc) is 2.48. The summed E-state index contributed by atoms with van der Waals surface area (Å²) in [6, 6.07) is 2.59. The van der Waals surface area contributed by atoms with E-state index in [9.17, 15) is 9.18 Å². The number of anilines is 1. The number of carbonyl (C=O) groups excluding carboxylic acids is 1. The molecule has 2 fully saturated rings. The van der Waals surface area contributed by atoms with Gasteiger partial charge in [0.05, 0.1) is 7.11 Å². The molecular formula is C17H23FN2O3. The molecule has 1 aromatic rings. The first-order chi connectivity index (χ1) is 11.2. The number of hydrogen-bond acceptors (Lipinski definition) is 4. The fourth-order valence-electron chi connectivity index (χ4n) is 2.92. The van der Waals surface area contributed by atoms with Crippen molar-refractivity contribution in [1.29, 1.82) is 0 Å². The van der Waals surface area contributed by atoms with Crippen LogP contribution in [0.5, 0.6) is 11.5 Å². The van der Waals surface area contributed by atoms with Crippen molar-refractivity contribution < 1.29 is 18.7 Å². The molecule has 23 heavy (non-hydrogen) atoms. The lowest BCUT2D eigenvalue weighted by molar-refractivity contribution is -0.122. The minimum absolute atomic E-state index is 0.0158. The van der Waals surface area contributed by atoms with Crippen LogP contribution in [-0.2, 0) is 4.79 Å². The van der Waals surface area contributed by atoms with E-state index in [1.54, 1.807) is 0 Å². The molecule has 0 radical (unpaired) electrons. The standard InChI is InChI=1S/C17H23FN2O3/c1-22-14-9-12(18)10-15(23-13-5-7-19-8-6-13)16(14)20-17(21)11-3-2-4-11/h9-11,13,19H,2-8H2,1H3,(H,20,21). The molecule has 1 heterocycles. The maximum atomic E-state index is 13.8. The van der Waals surface area contributed by atoms with E-state index >= 15 is 0 Å². The lowest BCUT2D eigenvalue weighted by atomic mass is 9.85. The molecule has 3 rings (SSSR count). The molecule has 1 saturated carbocycles. The van der Waals surface area contributed by atoms with Gasteiger partial charge >= 0.3 is 0 Å². The monoisotopic (exact) mass is 322 g/mol. The van der Waals surface area contributed by atoms with Crippen LogP contribution in [0, 0.1) is 11.7 Å². The summed E-state index contributed by atoms with van der Waals surface area (Å²) < 4.78 is 25.0. The normalized spacial score (nSPS) is 19.0. The molecule has 1 aliphatic heterocycles. The van der Waals surface area contributed by atoms with Crippen molar-refractivity contribution in [2.45, 2.75) is 38.2 Å². The van der Waals surface area contributed by atoms with Crippen LogP contribution in [0.25, 0.3) is 0 Å². The Bertz CT molecular complexity index is 569. The molecule has 1 saturated heterocycles. The topological polar surface area (TPSA) is 59.6 Å². The number of rotatable bonds is 5. The number of benzene rings is 1. The van der Waals surface area contributed by atoms with Gasteiger partial charge in [-0.25, -0.2) is 4.39 Å². The minimum Gasteiger partial charge on any atom is -0.494 e. The van der Waals surface area contributed by atoms with Crippen LogP contribution in [-0.4, -0.2) is 32.2 Å². The highest BCUT2D eigenvalue weighted by Gasteiger charge is 2.28. The first kappa shape index (κ1) is 16.1. The van der Waals surface area contributed by atoms with Gasteiger partial charge in [-0.15, -0.1) is 0 Å². The average molecular weight is 322 g/mol. The minimum atomic E-state index is -0.438. The van der Waals surface area contributed by atoms with E-state index in [0.717, 1.165) is 45.2 Å². The highest BCUT2D eigenvalue weighted by molar-refractivity contribution is 5.96. The number of piperidine rings is 1. The quantitative estimate of drug-likeness (QED) is 0.875. The zero-order valence-electron chi connectivity index (χ0n) is 13.4. The van der Waals surface area contributed by atoms with Gasteiger partial charge in [0, 0.05) is 18.1 Å². The second-order valence-electron chi connectivity index (χ2n) is 6.17. The number of hydrogen-bond donors (Lipinski definition) is 2. The van der Waals surface area contributed by atoms with Crippen LogP contribution >= 0.6 is 0 Å². The Balaban J connectivity index is 1.82. The van der Waals surface area contributed by atoms with Crippen LogP contribution in [0.1, 0.15) is 32.1 Å². The molecule has 0 bridgehead atoms. The maximum absolute atomic E-state index is 13.8. The summed E-state index contributed by atoms with van der Waals surface area (Å²) in [7, 11) is 1.46. The van der Waals surface area contributed by atoms with Crippen LogP contribution in [0.15, 0.2) is 12.1 Å². The van der Waals surface area contributed by atoms with E-state index in [1.807, 2.05) is 0 Å². The van der Waals surface area contributed by atoms with Crippen LogP contribution in [0.3, 0.4) is 0 Å². The maximum Gasteiger partial charge on any atom is 0.227 e. The van der Waals surface area contributed by atoms with E-state index in [1.165, 1.54) is 19.2 Å². The molecule has 6 heteroatoms. The molecule has 0 spiro atoms. The fourth-order valence-corrected chi connectivity index (χ4v) is 2.92. The highest BCUT2D eigenvalue weighted by Crippen LogP contribution is 2.38. The van der Waals surface area contributed by atoms with Gasteiger partial charge in [-0.1, -0.05) is 6.42 Å². The number of ether oxygens (including phenoxy) is 2. The van der Waals surface area contributed by atoms with Gasteiger partial charge in [0.2, 0.25) is 5.91 Å². The van der Waals surface area contributed by atoms with Gasteiger partial charge in [-0.05, 0) is 38.8 Å². The van der Waals surface area contributed by atoms with Gasteiger partial charge in [-0.2, -0.15) is 0 Å². The van der Waals surface area contributed by atoms with Crippen molar-refractivity contribution in [3.05, 3.63) is 17.9 Å². The molecule has 1 aromatic carbocycles. The number of carbonyl (C=O) groups is 1. The largest absolute Gasteiger partial charge is 0.494 e. The summed E-state index contributed by atoms with van der Waals surface area (Å²) in [5.41, 5.74) is 0.435. The summed E-state index contributed by atoms with van der Waals surface area (Å²) in [5.74, 6) is 0.197. The Morgan fingerprint density at radius 2 is 1.91 bits per heavy atom. The Morgan fingerprint density at radius 1 is 1.22 bits per heavy atom. The predicted molar refractivity (Wildman–Crippen MR) is 85.4 cm³/mol. The van der Waals surface area contributed by atoms with Crippen LogP contribution in [0.2, 0.25) is 0 Å². The number of halogens is 1. The molecule has 2 aliphatic rings.